The molecule has 2 heterocycles. The number of carbonyl (C=O) groups excluding carboxylic acids is 1. The van der Waals surface area contributed by atoms with Gasteiger partial charge in [0.15, 0.2) is 0 Å². The van der Waals surface area contributed by atoms with Crippen LogP contribution in [0.15, 0.2) is 16.8 Å². The zero-order chi connectivity index (χ0) is 14.0. The van der Waals surface area contributed by atoms with Gasteiger partial charge in [0.1, 0.15) is 0 Å². The van der Waals surface area contributed by atoms with Crippen molar-refractivity contribution in [2.45, 2.75) is 51.0 Å². The van der Waals surface area contributed by atoms with E-state index in [2.05, 4.69) is 21.7 Å². The fourth-order valence-electron chi connectivity index (χ4n) is 3.86. The Hall–Kier alpha value is -0.870. The zero-order valence-corrected chi connectivity index (χ0v) is 12.8. The number of likely N-dealkylation sites (tertiary alicyclic amines) is 1. The van der Waals surface area contributed by atoms with Crippen molar-refractivity contribution in [2.24, 2.45) is 11.1 Å². The van der Waals surface area contributed by atoms with Gasteiger partial charge in [-0.05, 0) is 48.1 Å². The van der Waals surface area contributed by atoms with Crippen LogP contribution in [0.3, 0.4) is 0 Å². The number of nitrogens with two attached hydrogens (primary N) is 1. The molecule has 1 saturated heterocycles. The molecule has 3 rings (SSSR count). The van der Waals surface area contributed by atoms with Gasteiger partial charge in [0.2, 0.25) is 5.91 Å². The van der Waals surface area contributed by atoms with Gasteiger partial charge in [0, 0.05) is 13.1 Å². The largest absolute Gasteiger partial charge is 0.335 e. The van der Waals surface area contributed by atoms with Crippen LogP contribution in [0, 0.1) is 5.41 Å². The maximum Gasteiger partial charge on any atom is 0.230 e. The summed E-state index contributed by atoms with van der Waals surface area (Å²) in [5, 5.41) is 4.29. The van der Waals surface area contributed by atoms with E-state index in [9.17, 15) is 4.79 Å². The zero-order valence-electron chi connectivity index (χ0n) is 12.0. The fraction of sp³-hybridized carbons (Fsp3) is 0.688. The SMILES string of the molecule is NCC1(C(=O)N2CCCC2c2ccsc2)CCCCC1. The summed E-state index contributed by atoms with van der Waals surface area (Å²) in [6.07, 6.45) is 7.74. The van der Waals surface area contributed by atoms with E-state index in [-0.39, 0.29) is 5.41 Å². The van der Waals surface area contributed by atoms with Crippen molar-refractivity contribution in [3.05, 3.63) is 22.4 Å². The van der Waals surface area contributed by atoms with Crippen LogP contribution < -0.4 is 5.73 Å². The molecule has 1 amide bonds. The molecule has 110 valence electrons. The average molecular weight is 292 g/mol. The van der Waals surface area contributed by atoms with Gasteiger partial charge in [0.25, 0.3) is 0 Å². The van der Waals surface area contributed by atoms with Crippen LogP contribution in [0.5, 0.6) is 0 Å². The molecule has 1 atom stereocenters. The molecule has 0 aromatic carbocycles. The predicted octanol–water partition coefficient (Wildman–Crippen LogP) is 3.32. The number of thiophene rings is 1. The molecule has 2 aliphatic rings. The second-order valence-corrected chi connectivity index (χ2v) is 7.04. The first-order valence-corrected chi connectivity index (χ1v) is 8.74. The first-order valence-electron chi connectivity index (χ1n) is 7.80. The lowest BCUT2D eigenvalue weighted by atomic mass is 9.73. The maximum absolute atomic E-state index is 13.1. The Kier molecular flexibility index (Phi) is 4.13. The van der Waals surface area contributed by atoms with Crippen LogP contribution in [-0.2, 0) is 4.79 Å². The van der Waals surface area contributed by atoms with Crippen LogP contribution in [0.4, 0.5) is 0 Å². The number of carbonyl (C=O) groups is 1. The van der Waals surface area contributed by atoms with E-state index in [0.717, 1.165) is 45.1 Å². The first kappa shape index (κ1) is 14.1. The monoisotopic (exact) mass is 292 g/mol. The molecule has 1 aromatic rings. The van der Waals surface area contributed by atoms with Crippen molar-refractivity contribution in [1.82, 2.24) is 4.90 Å². The minimum atomic E-state index is -0.267. The Morgan fingerprint density at radius 1 is 1.35 bits per heavy atom. The molecule has 0 spiro atoms. The number of hydrogen-bond acceptors (Lipinski definition) is 3. The topological polar surface area (TPSA) is 46.3 Å². The van der Waals surface area contributed by atoms with Crippen LogP contribution in [-0.4, -0.2) is 23.9 Å². The Balaban J connectivity index is 1.81. The molecule has 1 aliphatic heterocycles. The van der Waals surface area contributed by atoms with E-state index in [0.29, 0.717) is 18.5 Å². The van der Waals surface area contributed by atoms with Crippen molar-refractivity contribution in [3.63, 3.8) is 0 Å². The summed E-state index contributed by atoms with van der Waals surface area (Å²) >= 11 is 1.72. The number of amides is 1. The highest BCUT2D eigenvalue weighted by molar-refractivity contribution is 7.07. The lowest BCUT2D eigenvalue weighted by Crippen LogP contribution is -2.48. The Morgan fingerprint density at radius 3 is 2.80 bits per heavy atom. The minimum absolute atomic E-state index is 0.267. The van der Waals surface area contributed by atoms with Crippen molar-refractivity contribution < 1.29 is 4.79 Å². The molecule has 20 heavy (non-hydrogen) atoms. The van der Waals surface area contributed by atoms with Gasteiger partial charge in [-0.3, -0.25) is 4.79 Å². The molecule has 2 N–H and O–H groups in total. The van der Waals surface area contributed by atoms with E-state index >= 15 is 0 Å². The van der Waals surface area contributed by atoms with Crippen LogP contribution in [0.25, 0.3) is 0 Å². The van der Waals surface area contributed by atoms with E-state index in [4.69, 9.17) is 5.73 Å². The van der Waals surface area contributed by atoms with Crippen LogP contribution in [0.2, 0.25) is 0 Å². The van der Waals surface area contributed by atoms with Crippen molar-refractivity contribution in [2.75, 3.05) is 13.1 Å². The fourth-order valence-corrected chi connectivity index (χ4v) is 4.57. The normalized spacial score (nSPS) is 25.9. The smallest absolute Gasteiger partial charge is 0.230 e. The van der Waals surface area contributed by atoms with Gasteiger partial charge in [-0.15, -0.1) is 0 Å². The van der Waals surface area contributed by atoms with Gasteiger partial charge in [-0.1, -0.05) is 19.3 Å². The summed E-state index contributed by atoms with van der Waals surface area (Å²) in [5.74, 6) is 0.327. The Bertz CT molecular complexity index is 451. The molecular formula is C16H24N2OS. The van der Waals surface area contributed by atoms with Gasteiger partial charge < -0.3 is 10.6 Å². The quantitative estimate of drug-likeness (QED) is 0.929. The first-order chi connectivity index (χ1) is 9.77. The molecular weight excluding hydrogens is 268 g/mol. The predicted molar refractivity (Wildman–Crippen MR) is 82.6 cm³/mol. The second-order valence-electron chi connectivity index (χ2n) is 6.26. The van der Waals surface area contributed by atoms with Crippen molar-refractivity contribution in [3.8, 4) is 0 Å². The molecule has 4 heteroatoms. The van der Waals surface area contributed by atoms with Crippen molar-refractivity contribution in [1.29, 1.82) is 0 Å². The molecule has 1 saturated carbocycles. The highest BCUT2D eigenvalue weighted by Gasteiger charge is 2.44. The van der Waals surface area contributed by atoms with Gasteiger partial charge >= 0.3 is 0 Å². The van der Waals surface area contributed by atoms with Gasteiger partial charge in [-0.25, -0.2) is 0 Å². The third-order valence-corrected chi connectivity index (χ3v) is 5.80. The molecule has 2 fully saturated rings. The highest BCUT2D eigenvalue weighted by atomic mass is 32.1. The van der Waals surface area contributed by atoms with E-state index in [1.54, 1.807) is 11.3 Å². The number of hydrogen-bond donors (Lipinski definition) is 1. The van der Waals surface area contributed by atoms with E-state index < -0.39 is 0 Å². The van der Waals surface area contributed by atoms with Crippen LogP contribution >= 0.6 is 11.3 Å². The van der Waals surface area contributed by atoms with E-state index in [1.807, 2.05) is 0 Å². The average Bonchev–Trinajstić information content (AvgIpc) is 3.17. The molecule has 0 radical (unpaired) electrons. The third-order valence-electron chi connectivity index (χ3n) is 5.10. The maximum atomic E-state index is 13.1. The summed E-state index contributed by atoms with van der Waals surface area (Å²) in [7, 11) is 0. The minimum Gasteiger partial charge on any atom is -0.335 e. The standard InChI is InChI=1S/C16H24N2OS/c17-12-16(7-2-1-3-8-16)15(19)18-9-4-5-14(18)13-6-10-20-11-13/h6,10-11,14H,1-5,7-9,12,17H2. The molecule has 3 nitrogen and oxygen atoms in total. The van der Waals surface area contributed by atoms with E-state index in [1.165, 1.54) is 12.0 Å². The lowest BCUT2D eigenvalue weighted by Gasteiger charge is -2.39. The number of nitrogens with zero attached hydrogens (tertiary/aromatic N) is 1. The third kappa shape index (κ3) is 2.40. The summed E-state index contributed by atoms with van der Waals surface area (Å²) in [6, 6.07) is 2.45. The summed E-state index contributed by atoms with van der Waals surface area (Å²) in [4.78, 5) is 15.2. The van der Waals surface area contributed by atoms with Crippen LogP contribution in [0.1, 0.15) is 56.6 Å². The summed E-state index contributed by atoms with van der Waals surface area (Å²) < 4.78 is 0. The molecule has 1 unspecified atom stereocenters. The Labute approximate surface area is 125 Å². The van der Waals surface area contributed by atoms with Gasteiger partial charge in [-0.2, -0.15) is 11.3 Å². The summed E-state index contributed by atoms with van der Waals surface area (Å²) in [6.45, 7) is 1.42. The second kappa shape index (κ2) is 5.86. The lowest BCUT2D eigenvalue weighted by molar-refractivity contribution is -0.144. The summed E-state index contributed by atoms with van der Waals surface area (Å²) in [5.41, 5.74) is 7.07. The van der Waals surface area contributed by atoms with Gasteiger partial charge in [0.05, 0.1) is 11.5 Å². The number of rotatable bonds is 3. The Morgan fingerprint density at radius 2 is 2.15 bits per heavy atom. The molecule has 0 bridgehead atoms. The molecule has 1 aromatic heterocycles. The van der Waals surface area contributed by atoms with Crippen molar-refractivity contribution >= 4 is 17.2 Å². The molecule has 1 aliphatic carbocycles. The highest BCUT2D eigenvalue weighted by Crippen LogP contribution is 2.42.